The number of likely N-dealkylation sites (tertiary alicyclic amines) is 3. The van der Waals surface area contributed by atoms with E-state index in [0.717, 1.165) is 88.2 Å². The fraction of sp³-hybridized carbons (Fsp3) is 0.511. The van der Waals surface area contributed by atoms with Gasteiger partial charge in [-0.2, -0.15) is 18.2 Å². The quantitative estimate of drug-likeness (QED) is 0.0778. The monoisotopic (exact) mass is 908 g/mol. The van der Waals surface area contributed by atoms with Gasteiger partial charge in [-0.1, -0.05) is 60.0 Å². The number of amides is 2. The molecule has 62 heavy (non-hydrogen) atoms. The first kappa shape index (κ1) is 52.9. The van der Waals surface area contributed by atoms with Crippen LogP contribution in [0.3, 0.4) is 0 Å². The van der Waals surface area contributed by atoms with Crippen molar-refractivity contribution in [3.8, 4) is 0 Å². The van der Waals surface area contributed by atoms with Crippen molar-refractivity contribution in [2.24, 2.45) is 5.73 Å². The molecule has 4 aromatic rings. The summed E-state index contributed by atoms with van der Waals surface area (Å²) in [7, 11) is 4.19. The van der Waals surface area contributed by atoms with Crippen LogP contribution in [0.2, 0.25) is 0 Å². The number of benzene rings is 1. The molecule has 0 saturated carbocycles. The normalized spacial score (nSPS) is 23.9. The minimum absolute atomic E-state index is 0. The molecule has 5 aliphatic heterocycles. The van der Waals surface area contributed by atoms with Gasteiger partial charge in [-0.25, -0.2) is 0 Å². The Morgan fingerprint density at radius 3 is 1.74 bits per heavy atom. The van der Waals surface area contributed by atoms with E-state index in [2.05, 4.69) is 58.8 Å². The average molecular weight is 910 g/mol. The van der Waals surface area contributed by atoms with E-state index in [1.165, 1.54) is 17.9 Å². The van der Waals surface area contributed by atoms with Gasteiger partial charge in [-0.05, 0) is 109 Å². The summed E-state index contributed by atoms with van der Waals surface area (Å²) in [6.45, 7) is 8.13. The minimum atomic E-state index is -0.309. The predicted molar refractivity (Wildman–Crippen MR) is 244 cm³/mol. The molecule has 3 aromatic heterocycles. The summed E-state index contributed by atoms with van der Waals surface area (Å²) in [6.07, 6.45) is 13.6. The number of ether oxygens (including phenoxy) is 1. The van der Waals surface area contributed by atoms with Crippen LogP contribution in [0.5, 0.6) is 0 Å². The number of carbonyl (C=O) groups excluding carboxylic acids is 2. The number of hydrogen-bond acceptors (Lipinski definition) is 12. The molecule has 4 N–H and O–H groups in total. The number of imide groups is 1. The number of alkyl halides is 1. The summed E-state index contributed by atoms with van der Waals surface area (Å²) < 4.78 is 5.31. The molecule has 4 saturated heterocycles. The van der Waals surface area contributed by atoms with E-state index in [1.54, 1.807) is 48.9 Å². The van der Waals surface area contributed by atoms with Crippen LogP contribution in [0.1, 0.15) is 83.5 Å². The molecule has 8 heterocycles. The molecule has 4 fully saturated rings. The third kappa shape index (κ3) is 16.6. The standard InChI is InChI=1S/C13H21N3O.C11H10BrNO2.C11H16N2O.C6H11NO.C5H4N.CH4.Li/c14-6-3-8-16-9-5-11(13(17)10-16)12-4-1-2-7-15-12;12-6-3-7-13-10(14)8-4-1-2-5-9(8)11(13)15;1-13-7-5-9(11(14)8-13)10-4-2-3-6-12-10;1-7-3-2-5-6(4-7)8-5;1-2-4-6-5-3-1;;/h1-2,4,7,11,13,17H,3,5-6,8-10,14H2;1-2,4-5H,3,6-7H2;2-4,6,9,11,14H,5,7-8H2,1H3;5-6H,2-4H2,1H3;1-4H;1H4;/q;;;;-1;;+1. The molecular weight excluding hydrogens is 843 g/mol. The van der Waals surface area contributed by atoms with E-state index < -0.39 is 0 Å². The molecule has 15 heteroatoms. The molecule has 1 aromatic carbocycles. The van der Waals surface area contributed by atoms with Gasteiger partial charge in [0.15, 0.2) is 0 Å². The van der Waals surface area contributed by atoms with E-state index in [0.29, 0.717) is 29.9 Å². The van der Waals surface area contributed by atoms with Crippen LogP contribution in [0.25, 0.3) is 0 Å². The number of epoxide rings is 1. The van der Waals surface area contributed by atoms with E-state index >= 15 is 0 Å². The number of piperidine rings is 3. The predicted octanol–water partition coefficient (Wildman–Crippen LogP) is 2.12. The molecule has 9 rings (SSSR count). The number of pyridine rings is 3. The van der Waals surface area contributed by atoms with Crippen LogP contribution in [0.4, 0.5) is 0 Å². The van der Waals surface area contributed by atoms with Crippen molar-refractivity contribution in [2.45, 2.75) is 75.8 Å². The molecule has 332 valence electrons. The first-order chi connectivity index (χ1) is 29.2. The number of aliphatic hydroxyl groups excluding tert-OH is 2. The van der Waals surface area contributed by atoms with Gasteiger partial charge in [0.05, 0.1) is 35.5 Å². The molecule has 2 amide bonds. The number of nitrogens with two attached hydrogens (primary N) is 1. The van der Waals surface area contributed by atoms with Gasteiger partial charge in [-0.3, -0.25) is 24.5 Å². The summed E-state index contributed by atoms with van der Waals surface area (Å²) in [6, 6.07) is 24.2. The third-order valence-corrected chi connectivity index (χ3v) is 11.7. The van der Waals surface area contributed by atoms with Crippen molar-refractivity contribution in [3.63, 3.8) is 0 Å². The number of fused-ring (bicyclic) bond motifs is 2. The Labute approximate surface area is 389 Å². The maximum atomic E-state index is 11.8. The summed E-state index contributed by atoms with van der Waals surface area (Å²) >= 11 is 3.28. The van der Waals surface area contributed by atoms with Crippen LogP contribution >= 0.6 is 15.9 Å². The molecule has 0 bridgehead atoms. The average Bonchev–Trinajstić information content (AvgIpc) is 4.02. The van der Waals surface area contributed by atoms with Gasteiger partial charge in [0.25, 0.3) is 11.8 Å². The molecule has 6 atom stereocenters. The zero-order chi connectivity index (χ0) is 42.7. The number of likely N-dealkylation sites (N-methyl/N-ethyl adjacent to an activating group) is 2. The van der Waals surface area contributed by atoms with Gasteiger partial charge < -0.3 is 40.4 Å². The number of carbonyl (C=O) groups is 2. The second-order valence-corrected chi connectivity index (χ2v) is 16.5. The van der Waals surface area contributed by atoms with Gasteiger partial charge in [-0.15, -0.1) is 0 Å². The van der Waals surface area contributed by atoms with Crippen molar-refractivity contribution in [3.05, 3.63) is 126 Å². The Morgan fingerprint density at radius 2 is 1.29 bits per heavy atom. The van der Waals surface area contributed by atoms with Crippen molar-refractivity contribution >= 4 is 27.7 Å². The Kier molecular flexibility index (Phi) is 24.3. The third-order valence-electron chi connectivity index (χ3n) is 11.2. The van der Waals surface area contributed by atoms with E-state index in [9.17, 15) is 19.8 Å². The number of β-amino-alcohol motifs (C(OH)–C–C–N with tert-alkyl or cyclic N) is 2. The Balaban J connectivity index is 0.000000212. The molecule has 5 aliphatic rings. The van der Waals surface area contributed by atoms with Gasteiger partial charge >= 0.3 is 18.9 Å². The zero-order valence-electron chi connectivity index (χ0n) is 36.0. The maximum Gasteiger partial charge on any atom is 1.00 e. The maximum absolute atomic E-state index is 11.8. The molecule has 0 spiro atoms. The largest absolute Gasteiger partial charge is 1.00 e. The number of rotatable bonds is 8. The fourth-order valence-corrected chi connectivity index (χ4v) is 8.01. The number of aliphatic hydroxyl groups is 2. The second-order valence-electron chi connectivity index (χ2n) is 15.7. The van der Waals surface area contributed by atoms with E-state index in [-0.39, 0.29) is 62.1 Å². The topological polar surface area (TPSA) is 165 Å². The number of halogens is 1. The molecule has 6 unspecified atom stereocenters. The first-order valence-electron chi connectivity index (χ1n) is 21.1. The minimum Gasteiger partial charge on any atom is -0.394 e. The van der Waals surface area contributed by atoms with Gasteiger partial charge in [0.2, 0.25) is 0 Å². The molecule has 13 nitrogen and oxygen atoms in total. The van der Waals surface area contributed by atoms with E-state index in [1.807, 2.05) is 55.6 Å². The van der Waals surface area contributed by atoms with E-state index in [4.69, 9.17) is 10.5 Å². The summed E-state index contributed by atoms with van der Waals surface area (Å²) in [4.78, 5) is 44.0. The second kappa shape index (κ2) is 28.4. The number of nitrogens with zero attached hydrogens (tertiary/aromatic N) is 7. The Hall–Kier alpha value is -3.39. The van der Waals surface area contributed by atoms with Crippen LogP contribution in [0, 0.1) is 6.20 Å². The van der Waals surface area contributed by atoms with Crippen LogP contribution in [-0.4, -0.2) is 159 Å². The summed E-state index contributed by atoms with van der Waals surface area (Å²) in [5.74, 6) is 0.0610. The Bertz CT molecular complexity index is 1780. The van der Waals surface area contributed by atoms with Gasteiger partial charge in [0.1, 0.15) is 0 Å². The fourth-order valence-electron chi connectivity index (χ4n) is 7.76. The summed E-state index contributed by atoms with van der Waals surface area (Å²) in [5, 5.41) is 20.9. The van der Waals surface area contributed by atoms with Crippen molar-refractivity contribution < 1.29 is 43.4 Å². The Morgan fingerprint density at radius 1 is 0.726 bits per heavy atom. The van der Waals surface area contributed by atoms with Crippen LogP contribution in [0.15, 0.2) is 97.5 Å². The van der Waals surface area contributed by atoms with Crippen LogP contribution in [-0.2, 0) is 4.74 Å². The zero-order valence-corrected chi connectivity index (χ0v) is 37.6. The summed E-state index contributed by atoms with van der Waals surface area (Å²) in [5.41, 5.74) is 8.58. The van der Waals surface area contributed by atoms with Crippen molar-refractivity contribution in [1.82, 2.24) is 34.6 Å². The molecule has 0 aliphatic carbocycles. The molecule has 0 radical (unpaired) electrons. The van der Waals surface area contributed by atoms with Crippen LogP contribution < -0.4 is 24.6 Å². The van der Waals surface area contributed by atoms with Gasteiger partial charge in [0, 0.05) is 73.7 Å². The smallest absolute Gasteiger partial charge is 0.394 e. The van der Waals surface area contributed by atoms with Crippen molar-refractivity contribution in [1.29, 1.82) is 0 Å². The number of hydrogen-bond donors (Lipinski definition) is 3. The van der Waals surface area contributed by atoms with Crippen molar-refractivity contribution in [2.75, 3.05) is 78.3 Å². The number of aromatic nitrogens is 3. The molecular formula is C47H66BrLiN8O5. The first-order valence-corrected chi connectivity index (χ1v) is 22.2. The SMILES string of the molecule is C.CN1CCC(c2ccccn2)C(O)C1.CN1CCC2OC2C1.NCCCN1CCC(c2ccccn2)C(O)C1.O=C1c2ccccc2C(=O)N1CCCBr.[Li+].[c-]1ccccn1.